The van der Waals surface area contributed by atoms with Crippen molar-refractivity contribution in [1.82, 2.24) is 4.98 Å². The molecule has 1 aliphatic heterocycles. The number of nitrogens with zero attached hydrogens (tertiary/aromatic N) is 1. The summed E-state index contributed by atoms with van der Waals surface area (Å²) in [6, 6.07) is 4.31. The van der Waals surface area contributed by atoms with Gasteiger partial charge in [0.05, 0.1) is 11.5 Å². The number of nitro benzene ring substituents is 1. The van der Waals surface area contributed by atoms with Crippen molar-refractivity contribution >= 4 is 27.6 Å². The minimum atomic E-state index is -0.567. The van der Waals surface area contributed by atoms with Crippen molar-refractivity contribution in [2.75, 3.05) is 6.79 Å². The second kappa shape index (κ2) is 6.39. The van der Waals surface area contributed by atoms with Gasteiger partial charge in [-0.3, -0.25) is 10.1 Å². The third-order valence-electron chi connectivity index (χ3n) is 3.21. The lowest BCUT2D eigenvalue weighted by atomic mass is 10.1. The normalized spacial score (nSPS) is 13.1. The molecule has 2 aromatic rings. The fourth-order valence-corrected chi connectivity index (χ4v) is 2.54. The third kappa shape index (κ3) is 3.35. The number of carbonyl (C=O) groups is 1. The monoisotopic (exact) mass is 382 g/mol. The Morgan fingerprint density at radius 3 is 2.96 bits per heavy atom. The van der Waals surface area contributed by atoms with Crippen LogP contribution in [0.3, 0.4) is 0 Å². The number of aromatic amines is 1. The smallest absolute Gasteiger partial charge is 0.355 e. The number of H-pyrrole nitrogens is 1. The summed E-state index contributed by atoms with van der Waals surface area (Å²) < 4.78 is 16.4. The van der Waals surface area contributed by atoms with Crippen LogP contribution in [0.25, 0.3) is 0 Å². The number of fused-ring (bicyclic) bond motifs is 1. The summed E-state index contributed by atoms with van der Waals surface area (Å²) in [5.41, 5.74) is 1.16. The van der Waals surface area contributed by atoms with Gasteiger partial charge >= 0.3 is 5.97 Å². The molecular formula is C14H11BrN2O6. The van der Waals surface area contributed by atoms with Crippen LogP contribution in [0.5, 0.6) is 5.75 Å². The van der Waals surface area contributed by atoms with Crippen LogP contribution in [-0.2, 0) is 22.7 Å². The molecule has 8 nitrogen and oxygen atoms in total. The summed E-state index contributed by atoms with van der Waals surface area (Å²) in [5.74, 6) is -0.106. The van der Waals surface area contributed by atoms with Gasteiger partial charge in [0.15, 0.2) is 6.79 Å². The molecule has 120 valence electrons. The van der Waals surface area contributed by atoms with Gasteiger partial charge in [-0.15, -0.1) is 0 Å². The molecule has 0 atom stereocenters. The number of hydrogen-bond acceptors (Lipinski definition) is 6. The van der Waals surface area contributed by atoms with Gasteiger partial charge in [0.25, 0.3) is 5.69 Å². The Morgan fingerprint density at radius 1 is 1.43 bits per heavy atom. The maximum absolute atomic E-state index is 11.9. The van der Waals surface area contributed by atoms with E-state index in [2.05, 4.69) is 20.9 Å². The molecule has 1 N–H and O–H groups in total. The standard InChI is InChI=1S/C14H11BrN2O6/c15-10-3-12(16-4-10)14(18)22-6-9-2-11(17(19)20)1-8-5-21-7-23-13(8)9/h1-4,16H,5-7H2. The van der Waals surface area contributed by atoms with Crippen molar-refractivity contribution in [2.45, 2.75) is 13.2 Å². The fraction of sp³-hybridized carbons (Fsp3) is 0.214. The molecule has 1 aliphatic rings. The van der Waals surface area contributed by atoms with Crippen molar-refractivity contribution in [3.8, 4) is 5.75 Å². The van der Waals surface area contributed by atoms with Crippen molar-refractivity contribution in [1.29, 1.82) is 0 Å². The Labute approximate surface area is 138 Å². The molecular weight excluding hydrogens is 372 g/mol. The van der Waals surface area contributed by atoms with E-state index in [-0.39, 0.29) is 31.4 Å². The van der Waals surface area contributed by atoms with Crippen LogP contribution < -0.4 is 4.74 Å². The number of ether oxygens (including phenoxy) is 3. The molecule has 0 spiro atoms. The first-order valence-corrected chi connectivity index (χ1v) is 7.35. The molecule has 2 heterocycles. The topological polar surface area (TPSA) is 104 Å². The molecule has 0 saturated heterocycles. The van der Waals surface area contributed by atoms with Gasteiger partial charge < -0.3 is 19.2 Å². The van der Waals surface area contributed by atoms with E-state index in [1.165, 1.54) is 12.1 Å². The van der Waals surface area contributed by atoms with E-state index in [1.54, 1.807) is 12.3 Å². The highest BCUT2D eigenvalue weighted by Crippen LogP contribution is 2.33. The molecule has 0 amide bonds. The third-order valence-corrected chi connectivity index (χ3v) is 3.67. The fourth-order valence-electron chi connectivity index (χ4n) is 2.20. The van der Waals surface area contributed by atoms with E-state index >= 15 is 0 Å². The number of benzene rings is 1. The van der Waals surface area contributed by atoms with Gasteiger partial charge in [0.1, 0.15) is 18.1 Å². The van der Waals surface area contributed by atoms with Crippen molar-refractivity contribution in [3.05, 3.63) is 55.8 Å². The highest BCUT2D eigenvalue weighted by molar-refractivity contribution is 9.10. The molecule has 1 aromatic heterocycles. The summed E-state index contributed by atoms with van der Waals surface area (Å²) in [6.07, 6.45) is 1.60. The van der Waals surface area contributed by atoms with Crippen molar-refractivity contribution in [3.63, 3.8) is 0 Å². The minimum Gasteiger partial charge on any atom is -0.467 e. The number of non-ortho nitro benzene ring substituents is 1. The minimum absolute atomic E-state index is 0.0509. The van der Waals surface area contributed by atoms with Gasteiger partial charge in [-0.1, -0.05) is 0 Å². The Balaban J connectivity index is 1.82. The van der Waals surface area contributed by atoms with E-state index in [0.717, 1.165) is 4.47 Å². The second-order valence-electron chi connectivity index (χ2n) is 4.77. The Kier molecular flexibility index (Phi) is 4.30. The number of esters is 1. The lowest BCUT2D eigenvalue weighted by Crippen LogP contribution is -2.15. The van der Waals surface area contributed by atoms with Gasteiger partial charge in [-0.2, -0.15) is 0 Å². The molecule has 0 unspecified atom stereocenters. The zero-order chi connectivity index (χ0) is 16.4. The molecule has 0 fully saturated rings. The zero-order valence-corrected chi connectivity index (χ0v) is 13.3. The number of nitro groups is 1. The maximum atomic E-state index is 11.9. The van der Waals surface area contributed by atoms with Crippen LogP contribution in [0, 0.1) is 10.1 Å². The van der Waals surface area contributed by atoms with Gasteiger partial charge in [-0.05, 0) is 22.0 Å². The van der Waals surface area contributed by atoms with Crippen LogP contribution in [0.1, 0.15) is 21.6 Å². The first kappa shape index (κ1) is 15.5. The largest absolute Gasteiger partial charge is 0.467 e. The average Bonchev–Trinajstić information content (AvgIpc) is 2.98. The van der Waals surface area contributed by atoms with Crippen molar-refractivity contribution in [2.24, 2.45) is 0 Å². The molecule has 0 aliphatic carbocycles. The Bertz CT molecular complexity index is 773. The molecule has 23 heavy (non-hydrogen) atoms. The van der Waals surface area contributed by atoms with E-state index in [1.807, 2.05) is 0 Å². The van der Waals surface area contributed by atoms with Gasteiger partial charge in [0.2, 0.25) is 0 Å². The molecule has 1 aromatic carbocycles. The Hall–Kier alpha value is -2.39. The summed E-state index contributed by atoms with van der Waals surface area (Å²) in [4.78, 5) is 25.2. The number of carbonyl (C=O) groups excluding carboxylic acids is 1. The van der Waals surface area contributed by atoms with Crippen LogP contribution in [0.2, 0.25) is 0 Å². The van der Waals surface area contributed by atoms with Crippen molar-refractivity contribution < 1.29 is 23.9 Å². The lowest BCUT2D eigenvalue weighted by molar-refractivity contribution is -0.385. The van der Waals surface area contributed by atoms with Crippen LogP contribution >= 0.6 is 15.9 Å². The zero-order valence-electron chi connectivity index (χ0n) is 11.7. The van der Waals surface area contributed by atoms with Crippen LogP contribution in [-0.4, -0.2) is 22.7 Å². The first-order valence-electron chi connectivity index (χ1n) is 6.56. The highest BCUT2D eigenvalue weighted by atomic mass is 79.9. The van der Waals surface area contributed by atoms with Gasteiger partial charge in [-0.25, -0.2) is 4.79 Å². The highest BCUT2D eigenvalue weighted by Gasteiger charge is 2.22. The predicted molar refractivity (Wildman–Crippen MR) is 81.0 cm³/mol. The Morgan fingerprint density at radius 2 is 2.26 bits per heavy atom. The van der Waals surface area contributed by atoms with E-state index in [4.69, 9.17) is 14.2 Å². The van der Waals surface area contributed by atoms with Gasteiger partial charge in [0, 0.05) is 33.9 Å². The molecule has 0 bridgehead atoms. The lowest BCUT2D eigenvalue weighted by Gasteiger charge is -2.20. The number of hydrogen-bond donors (Lipinski definition) is 1. The van der Waals surface area contributed by atoms with E-state index in [9.17, 15) is 14.9 Å². The molecule has 0 saturated carbocycles. The quantitative estimate of drug-likeness (QED) is 0.495. The summed E-state index contributed by atoms with van der Waals surface area (Å²) >= 11 is 3.22. The first-order chi connectivity index (χ1) is 11.0. The molecule has 0 radical (unpaired) electrons. The summed E-state index contributed by atoms with van der Waals surface area (Å²) in [5, 5.41) is 11.0. The molecule has 9 heteroatoms. The predicted octanol–water partition coefficient (Wildman–Crippen LogP) is 2.91. The average molecular weight is 383 g/mol. The SMILES string of the molecule is O=C(OCc1cc([N+](=O)[O-])cc2c1OCOC2)c1cc(Br)c[nH]1. The van der Waals surface area contributed by atoms with Crippen LogP contribution in [0.15, 0.2) is 28.9 Å². The molecule has 3 rings (SSSR count). The maximum Gasteiger partial charge on any atom is 0.355 e. The number of rotatable bonds is 4. The van der Waals surface area contributed by atoms with Crippen LogP contribution in [0.4, 0.5) is 5.69 Å². The summed E-state index contributed by atoms with van der Waals surface area (Å²) in [6.45, 7) is 0.121. The number of aromatic nitrogens is 1. The number of halogens is 1. The summed E-state index contributed by atoms with van der Waals surface area (Å²) in [7, 11) is 0. The van der Waals surface area contributed by atoms with E-state index in [0.29, 0.717) is 16.9 Å². The second-order valence-corrected chi connectivity index (χ2v) is 5.68. The van der Waals surface area contributed by atoms with E-state index < -0.39 is 10.9 Å². The number of nitrogens with one attached hydrogen (secondary N) is 1.